The monoisotopic (exact) mass is 369 g/mol. The van der Waals surface area contributed by atoms with Gasteiger partial charge in [0.25, 0.3) is 0 Å². The average molecular weight is 370 g/mol. The third-order valence-electron chi connectivity index (χ3n) is 3.90. The predicted molar refractivity (Wildman–Crippen MR) is 103 cm³/mol. The highest BCUT2D eigenvalue weighted by molar-refractivity contribution is 7.09. The Morgan fingerprint density at radius 1 is 1.48 bits per heavy atom. The summed E-state index contributed by atoms with van der Waals surface area (Å²) in [7, 11) is 5.37. The molecular weight excluding hydrogens is 338 g/mol. The lowest BCUT2D eigenvalue weighted by molar-refractivity contribution is -0.121. The lowest BCUT2D eigenvalue weighted by Gasteiger charge is -2.21. The minimum atomic E-state index is 0.00511. The second-order valence-corrected chi connectivity index (χ2v) is 6.90. The maximum absolute atomic E-state index is 11.8. The van der Waals surface area contributed by atoms with Gasteiger partial charge in [-0.1, -0.05) is 6.92 Å². The highest BCUT2D eigenvalue weighted by Gasteiger charge is 2.13. The van der Waals surface area contributed by atoms with Gasteiger partial charge < -0.3 is 20.3 Å². The smallest absolute Gasteiger partial charge is 0.221 e. The second-order valence-electron chi connectivity index (χ2n) is 6.01. The number of amides is 1. The number of nitrogens with zero attached hydrogens (tertiary/aromatic N) is 3. The van der Waals surface area contributed by atoms with E-state index in [1.165, 1.54) is 0 Å². The van der Waals surface area contributed by atoms with E-state index in [-0.39, 0.29) is 18.1 Å². The number of hydrogen-bond donors (Lipinski definition) is 2. The van der Waals surface area contributed by atoms with Crippen molar-refractivity contribution in [3.8, 4) is 0 Å². The van der Waals surface area contributed by atoms with Crippen molar-refractivity contribution < 1.29 is 9.53 Å². The first kappa shape index (κ1) is 21.4. The fourth-order valence-corrected chi connectivity index (χ4v) is 2.96. The Bertz CT molecular complexity index is 561. The highest BCUT2D eigenvalue weighted by Crippen LogP contribution is 2.20. The van der Waals surface area contributed by atoms with Gasteiger partial charge >= 0.3 is 0 Å². The van der Waals surface area contributed by atoms with Crippen LogP contribution < -0.4 is 10.6 Å². The van der Waals surface area contributed by atoms with Gasteiger partial charge in [-0.15, -0.1) is 11.3 Å². The van der Waals surface area contributed by atoms with Gasteiger partial charge in [0.15, 0.2) is 5.96 Å². The van der Waals surface area contributed by atoms with Gasteiger partial charge in [0.1, 0.15) is 11.1 Å². The van der Waals surface area contributed by atoms with Crippen molar-refractivity contribution in [3.05, 3.63) is 16.1 Å². The molecule has 0 bridgehead atoms. The summed E-state index contributed by atoms with van der Waals surface area (Å²) >= 11 is 1.60. The zero-order chi connectivity index (χ0) is 18.8. The molecule has 2 unspecified atom stereocenters. The molecule has 1 rings (SSSR count). The van der Waals surface area contributed by atoms with Gasteiger partial charge in [-0.05, 0) is 20.3 Å². The van der Waals surface area contributed by atoms with E-state index in [4.69, 9.17) is 4.74 Å². The number of rotatable bonds is 9. The van der Waals surface area contributed by atoms with E-state index >= 15 is 0 Å². The zero-order valence-electron chi connectivity index (χ0n) is 16.1. The first-order chi connectivity index (χ1) is 11.9. The summed E-state index contributed by atoms with van der Waals surface area (Å²) in [5.74, 6) is 0.795. The Kier molecular flexibility index (Phi) is 9.44. The van der Waals surface area contributed by atoms with Crippen LogP contribution in [0, 0.1) is 0 Å². The third-order valence-corrected chi connectivity index (χ3v) is 4.95. The molecule has 0 spiro atoms. The topological polar surface area (TPSA) is 78.9 Å². The molecule has 7 nitrogen and oxygen atoms in total. The van der Waals surface area contributed by atoms with Crippen LogP contribution in [-0.2, 0) is 16.1 Å². The van der Waals surface area contributed by atoms with Crippen LogP contribution in [0.1, 0.15) is 50.4 Å². The van der Waals surface area contributed by atoms with Crippen molar-refractivity contribution in [1.29, 1.82) is 0 Å². The van der Waals surface area contributed by atoms with Crippen LogP contribution in [0.4, 0.5) is 0 Å². The Morgan fingerprint density at radius 2 is 2.20 bits per heavy atom. The fourth-order valence-electron chi connectivity index (χ4n) is 2.12. The number of ether oxygens (including phenoxy) is 1. The molecule has 0 aromatic carbocycles. The molecule has 0 radical (unpaired) electrons. The van der Waals surface area contributed by atoms with Gasteiger partial charge in [-0.3, -0.25) is 9.79 Å². The van der Waals surface area contributed by atoms with Crippen LogP contribution in [0.5, 0.6) is 0 Å². The Labute approximate surface area is 154 Å². The van der Waals surface area contributed by atoms with Crippen molar-refractivity contribution in [3.63, 3.8) is 0 Å². The largest absolute Gasteiger partial charge is 0.375 e. The normalized spacial score (nSPS) is 14.1. The molecule has 2 N–H and O–H groups in total. The van der Waals surface area contributed by atoms with Crippen molar-refractivity contribution in [2.75, 3.05) is 27.7 Å². The molecule has 142 valence electrons. The number of nitrogens with one attached hydrogen (secondary N) is 2. The lowest BCUT2D eigenvalue weighted by Crippen LogP contribution is -2.41. The number of methoxy groups -OCH3 is 1. The van der Waals surface area contributed by atoms with Crippen molar-refractivity contribution >= 4 is 23.2 Å². The number of carbonyl (C=O) groups is 1. The lowest BCUT2D eigenvalue weighted by atomic mass is 10.2. The Hall–Kier alpha value is -1.67. The van der Waals surface area contributed by atoms with E-state index in [9.17, 15) is 4.79 Å². The molecule has 8 heteroatoms. The standard InChI is InChI=1S/C17H31N5O2S/c1-7-12(2)20-15(23)8-9-19-17(18-4)22(5)10-14-11-25-16(21-14)13(3)24-6/h11-13H,7-10H2,1-6H3,(H,18,19)(H,20,23). The van der Waals surface area contributed by atoms with E-state index in [2.05, 4.69) is 27.5 Å². The molecular formula is C17H31N5O2S. The predicted octanol–water partition coefficient (Wildman–Crippen LogP) is 2.16. The first-order valence-electron chi connectivity index (χ1n) is 8.59. The van der Waals surface area contributed by atoms with Crippen LogP contribution in [-0.4, -0.2) is 55.5 Å². The van der Waals surface area contributed by atoms with E-state index in [0.717, 1.165) is 23.1 Å². The molecule has 1 aromatic heterocycles. The summed E-state index contributed by atoms with van der Waals surface area (Å²) in [5, 5.41) is 9.18. The molecule has 0 aliphatic carbocycles. The van der Waals surface area contributed by atoms with Crippen LogP contribution in [0.25, 0.3) is 0 Å². The first-order valence-corrected chi connectivity index (χ1v) is 9.47. The second kappa shape index (κ2) is 11.0. The van der Waals surface area contributed by atoms with Crippen molar-refractivity contribution in [1.82, 2.24) is 20.5 Å². The average Bonchev–Trinajstić information content (AvgIpc) is 3.06. The minimum Gasteiger partial charge on any atom is -0.375 e. The van der Waals surface area contributed by atoms with Crippen molar-refractivity contribution in [2.45, 2.75) is 52.3 Å². The summed E-state index contributed by atoms with van der Waals surface area (Å²) in [5.41, 5.74) is 0.976. The number of guanidine groups is 1. The van der Waals surface area contributed by atoms with Crippen LogP contribution >= 0.6 is 11.3 Å². The maximum atomic E-state index is 11.8. The molecule has 1 heterocycles. The molecule has 0 fully saturated rings. The molecule has 2 atom stereocenters. The van der Waals surface area contributed by atoms with Crippen LogP contribution in [0.2, 0.25) is 0 Å². The zero-order valence-corrected chi connectivity index (χ0v) is 16.9. The van der Waals surface area contributed by atoms with Gasteiger partial charge in [0, 0.05) is 45.6 Å². The highest BCUT2D eigenvalue weighted by atomic mass is 32.1. The molecule has 1 amide bonds. The summed E-state index contributed by atoms with van der Waals surface area (Å²) in [6.07, 6.45) is 1.36. The van der Waals surface area contributed by atoms with E-state index in [1.807, 2.05) is 31.2 Å². The van der Waals surface area contributed by atoms with Gasteiger partial charge in [0.2, 0.25) is 5.91 Å². The number of carbonyl (C=O) groups excluding carboxylic acids is 1. The van der Waals surface area contributed by atoms with E-state index in [1.54, 1.807) is 25.5 Å². The summed E-state index contributed by atoms with van der Waals surface area (Å²) in [6, 6.07) is 0.211. The Morgan fingerprint density at radius 3 is 2.80 bits per heavy atom. The quantitative estimate of drug-likeness (QED) is 0.515. The molecule has 25 heavy (non-hydrogen) atoms. The molecule has 1 aromatic rings. The van der Waals surface area contributed by atoms with Crippen LogP contribution in [0.3, 0.4) is 0 Å². The number of aliphatic imine (C=N–C) groups is 1. The van der Waals surface area contributed by atoms with Crippen molar-refractivity contribution in [2.24, 2.45) is 4.99 Å². The Balaban J connectivity index is 2.45. The SMILES string of the molecule is CCC(C)NC(=O)CCNC(=NC)N(C)Cc1csc(C(C)OC)n1. The number of thiazole rings is 1. The number of hydrogen-bond acceptors (Lipinski definition) is 5. The summed E-state index contributed by atoms with van der Waals surface area (Å²) in [4.78, 5) is 22.7. The van der Waals surface area contributed by atoms with E-state index < -0.39 is 0 Å². The molecule has 0 aliphatic heterocycles. The maximum Gasteiger partial charge on any atom is 0.221 e. The summed E-state index contributed by atoms with van der Waals surface area (Å²) in [6.45, 7) is 7.23. The van der Waals surface area contributed by atoms with Gasteiger partial charge in [-0.2, -0.15) is 0 Å². The molecule has 0 aliphatic rings. The fraction of sp³-hybridized carbons (Fsp3) is 0.706. The summed E-state index contributed by atoms with van der Waals surface area (Å²) < 4.78 is 5.29. The minimum absolute atomic E-state index is 0.00511. The van der Waals surface area contributed by atoms with Gasteiger partial charge in [0.05, 0.1) is 12.2 Å². The number of aromatic nitrogens is 1. The molecule has 0 saturated carbocycles. The van der Waals surface area contributed by atoms with Gasteiger partial charge in [-0.25, -0.2) is 4.98 Å². The van der Waals surface area contributed by atoms with Crippen LogP contribution in [0.15, 0.2) is 10.4 Å². The molecule has 0 saturated heterocycles. The van der Waals surface area contributed by atoms with E-state index in [0.29, 0.717) is 19.5 Å². The third kappa shape index (κ3) is 7.39.